The molecule has 1 saturated carbocycles. The molecule has 8 nitrogen and oxygen atoms in total. The Bertz CT molecular complexity index is 903. The molecule has 30 heavy (non-hydrogen) atoms. The second kappa shape index (κ2) is 9.02. The molecular weight excluding hydrogens is 382 g/mol. The van der Waals surface area contributed by atoms with Crippen LogP contribution in [0.25, 0.3) is 11.0 Å². The number of pyridine rings is 1. The van der Waals surface area contributed by atoms with Gasteiger partial charge >= 0.3 is 12.0 Å². The maximum absolute atomic E-state index is 12.7. The third-order valence-corrected chi connectivity index (χ3v) is 6.57. The molecule has 1 atom stereocenters. The van der Waals surface area contributed by atoms with Gasteiger partial charge in [-0.2, -0.15) is 0 Å². The van der Waals surface area contributed by atoms with Gasteiger partial charge in [-0.1, -0.05) is 0 Å². The molecule has 1 saturated heterocycles. The number of imidazole rings is 1. The summed E-state index contributed by atoms with van der Waals surface area (Å²) in [7, 11) is 2.02. The lowest BCUT2D eigenvalue weighted by Gasteiger charge is -2.28. The highest BCUT2D eigenvalue weighted by Crippen LogP contribution is 2.30. The van der Waals surface area contributed by atoms with Gasteiger partial charge in [-0.25, -0.2) is 9.78 Å². The van der Waals surface area contributed by atoms with Crippen LogP contribution < -0.4 is 5.32 Å². The van der Waals surface area contributed by atoms with Crippen molar-refractivity contribution in [2.24, 2.45) is 18.9 Å². The first-order valence-electron chi connectivity index (χ1n) is 11.0. The van der Waals surface area contributed by atoms with Crippen LogP contribution in [-0.4, -0.2) is 57.7 Å². The summed E-state index contributed by atoms with van der Waals surface area (Å²) in [6.07, 6.45) is 8.14. The second-order valence-electron chi connectivity index (χ2n) is 8.48. The van der Waals surface area contributed by atoms with Crippen molar-refractivity contribution in [2.45, 2.75) is 44.9 Å². The van der Waals surface area contributed by atoms with E-state index in [1.165, 1.54) is 0 Å². The number of aromatic nitrogens is 3. The van der Waals surface area contributed by atoms with Crippen LogP contribution in [0, 0.1) is 11.8 Å². The summed E-state index contributed by atoms with van der Waals surface area (Å²) in [5.41, 5.74) is 1.97. The Labute approximate surface area is 177 Å². The SMILES string of the molecule is CCOC(=O)C1CCC(CNC(=O)N2CC[C@@H](c3nc4ccncc4n3C)C2)CC1. The average Bonchev–Trinajstić information content (AvgIpc) is 3.38. The highest BCUT2D eigenvalue weighted by Gasteiger charge is 2.31. The third-order valence-electron chi connectivity index (χ3n) is 6.57. The average molecular weight is 414 g/mol. The first-order valence-corrected chi connectivity index (χ1v) is 11.0. The summed E-state index contributed by atoms with van der Waals surface area (Å²) < 4.78 is 7.22. The summed E-state index contributed by atoms with van der Waals surface area (Å²) in [4.78, 5) is 35.4. The molecule has 1 aliphatic carbocycles. The summed E-state index contributed by atoms with van der Waals surface area (Å²) >= 11 is 0. The van der Waals surface area contributed by atoms with Crippen molar-refractivity contribution in [1.82, 2.24) is 24.8 Å². The number of ether oxygens (including phenoxy) is 1. The smallest absolute Gasteiger partial charge is 0.317 e. The van der Waals surface area contributed by atoms with E-state index in [1.54, 1.807) is 6.20 Å². The van der Waals surface area contributed by atoms with E-state index in [9.17, 15) is 9.59 Å². The number of hydrogen-bond acceptors (Lipinski definition) is 5. The number of urea groups is 1. The fourth-order valence-electron chi connectivity index (χ4n) is 4.78. The molecular formula is C22H31N5O3. The van der Waals surface area contributed by atoms with Crippen LogP contribution in [-0.2, 0) is 16.6 Å². The number of nitrogens with zero attached hydrogens (tertiary/aromatic N) is 4. The first-order chi connectivity index (χ1) is 14.6. The molecule has 2 aromatic heterocycles. The van der Waals surface area contributed by atoms with Crippen LogP contribution in [0.5, 0.6) is 0 Å². The van der Waals surface area contributed by atoms with Gasteiger partial charge in [0.05, 0.1) is 29.8 Å². The van der Waals surface area contributed by atoms with Crippen LogP contribution in [0.2, 0.25) is 0 Å². The molecule has 2 fully saturated rings. The van der Waals surface area contributed by atoms with Crippen LogP contribution >= 0.6 is 0 Å². The predicted octanol–water partition coefficient (Wildman–Crippen LogP) is 2.84. The van der Waals surface area contributed by atoms with E-state index < -0.39 is 0 Å². The van der Waals surface area contributed by atoms with Crippen molar-refractivity contribution in [3.05, 3.63) is 24.3 Å². The van der Waals surface area contributed by atoms with Crippen molar-refractivity contribution < 1.29 is 14.3 Å². The molecule has 0 spiro atoms. The van der Waals surface area contributed by atoms with Gasteiger partial charge in [0.15, 0.2) is 0 Å². The Kier molecular flexibility index (Phi) is 6.20. The highest BCUT2D eigenvalue weighted by atomic mass is 16.5. The Balaban J connectivity index is 1.25. The van der Waals surface area contributed by atoms with Gasteiger partial charge in [0.25, 0.3) is 0 Å². The van der Waals surface area contributed by atoms with E-state index in [0.29, 0.717) is 25.6 Å². The molecule has 0 unspecified atom stereocenters. The summed E-state index contributed by atoms with van der Waals surface area (Å²) in [5, 5.41) is 3.11. The van der Waals surface area contributed by atoms with E-state index in [4.69, 9.17) is 9.72 Å². The Hall–Kier alpha value is -2.64. The van der Waals surface area contributed by atoms with Crippen molar-refractivity contribution in [3.8, 4) is 0 Å². The van der Waals surface area contributed by atoms with Crippen molar-refractivity contribution in [2.75, 3.05) is 26.2 Å². The Morgan fingerprint density at radius 2 is 2.03 bits per heavy atom. The molecule has 2 amide bonds. The second-order valence-corrected chi connectivity index (χ2v) is 8.48. The van der Waals surface area contributed by atoms with Gasteiger partial charge in [0.2, 0.25) is 0 Å². The van der Waals surface area contributed by atoms with Gasteiger partial charge in [0, 0.05) is 38.8 Å². The predicted molar refractivity (Wildman–Crippen MR) is 113 cm³/mol. The number of rotatable bonds is 5. The number of carbonyl (C=O) groups excluding carboxylic acids is 2. The van der Waals surface area contributed by atoms with E-state index in [0.717, 1.165) is 55.5 Å². The molecule has 162 valence electrons. The monoisotopic (exact) mass is 413 g/mol. The van der Waals surface area contributed by atoms with E-state index >= 15 is 0 Å². The molecule has 4 rings (SSSR count). The van der Waals surface area contributed by atoms with Gasteiger partial charge in [-0.3, -0.25) is 9.78 Å². The molecule has 0 radical (unpaired) electrons. The molecule has 2 aromatic rings. The maximum Gasteiger partial charge on any atom is 0.317 e. The zero-order chi connectivity index (χ0) is 21.1. The molecule has 1 N–H and O–H groups in total. The number of aryl methyl sites for hydroxylation is 1. The third kappa shape index (κ3) is 4.27. The van der Waals surface area contributed by atoms with Crippen LogP contribution in [0.1, 0.15) is 50.8 Å². The van der Waals surface area contributed by atoms with E-state index in [2.05, 4.69) is 14.9 Å². The summed E-state index contributed by atoms with van der Waals surface area (Å²) in [6.45, 7) is 4.39. The van der Waals surface area contributed by atoms with Crippen LogP contribution in [0.4, 0.5) is 4.79 Å². The fourth-order valence-corrected chi connectivity index (χ4v) is 4.78. The maximum atomic E-state index is 12.7. The lowest BCUT2D eigenvalue weighted by Crippen LogP contribution is -2.41. The van der Waals surface area contributed by atoms with Crippen LogP contribution in [0.15, 0.2) is 18.5 Å². The molecule has 0 aromatic carbocycles. The number of carbonyl (C=O) groups is 2. The van der Waals surface area contributed by atoms with Crippen molar-refractivity contribution >= 4 is 23.0 Å². The molecule has 1 aliphatic heterocycles. The number of esters is 1. The topological polar surface area (TPSA) is 89.3 Å². The van der Waals surface area contributed by atoms with Gasteiger partial charge < -0.3 is 19.5 Å². The van der Waals surface area contributed by atoms with Gasteiger partial charge in [-0.15, -0.1) is 0 Å². The minimum absolute atomic E-state index is 0.00504. The number of likely N-dealkylation sites (tertiary alicyclic amines) is 1. The molecule has 8 heteroatoms. The largest absolute Gasteiger partial charge is 0.466 e. The van der Waals surface area contributed by atoms with Gasteiger partial charge in [-0.05, 0) is 51.0 Å². The van der Waals surface area contributed by atoms with Crippen LogP contribution in [0.3, 0.4) is 0 Å². The lowest BCUT2D eigenvalue weighted by atomic mass is 9.82. The summed E-state index contributed by atoms with van der Waals surface area (Å²) in [5.74, 6) is 1.66. The first kappa shape index (κ1) is 20.6. The lowest BCUT2D eigenvalue weighted by molar-refractivity contribution is -0.149. The minimum atomic E-state index is -0.0687. The van der Waals surface area contributed by atoms with Crippen molar-refractivity contribution in [3.63, 3.8) is 0 Å². The minimum Gasteiger partial charge on any atom is -0.466 e. The molecule has 0 bridgehead atoms. The molecule has 3 heterocycles. The fraction of sp³-hybridized carbons (Fsp3) is 0.636. The quantitative estimate of drug-likeness (QED) is 0.762. The zero-order valence-corrected chi connectivity index (χ0v) is 17.8. The number of nitrogens with one attached hydrogen (secondary N) is 1. The normalized spacial score (nSPS) is 24.2. The van der Waals surface area contributed by atoms with Gasteiger partial charge in [0.1, 0.15) is 5.82 Å². The Morgan fingerprint density at radius 3 is 2.77 bits per heavy atom. The number of amides is 2. The Morgan fingerprint density at radius 1 is 1.23 bits per heavy atom. The highest BCUT2D eigenvalue weighted by molar-refractivity contribution is 5.76. The summed E-state index contributed by atoms with van der Waals surface area (Å²) in [6, 6.07) is 1.93. The van der Waals surface area contributed by atoms with Crippen molar-refractivity contribution in [1.29, 1.82) is 0 Å². The van der Waals surface area contributed by atoms with E-state index in [-0.39, 0.29) is 23.8 Å². The van der Waals surface area contributed by atoms with E-state index in [1.807, 2.05) is 31.1 Å². The molecule has 2 aliphatic rings. The number of fused-ring (bicyclic) bond motifs is 1. The number of hydrogen-bond donors (Lipinski definition) is 1. The zero-order valence-electron chi connectivity index (χ0n) is 17.8. The standard InChI is InChI=1S/C22H31N5O3/c1-3-30-21(28)16-6-4-15(5-7-16)12-24-22(29)27-11-9-17(14-27)20-25-18-8-10-23-13-19(18)26(20)2/h8,10,13,15-17H,3-7,9,11-12,14H2,1-2H3,(H,24,29)/t15?,16?,17-/m1/s1.